The number of hydrogen-bond acceptors (Lipinski definition) is 3. The summed E-state index contributed by atoms with van der Waals surface area (Å²) in [6, 6.07) is 14.0. The molecule has 0 saturated heterocycles. The Balaban J connectivity index is 2.26. The Bertz CT molecular complexity index is 741. The monoisotopic (exact) mass is 305 g/mol. The van der Waals surface area contributed by atoms with Crippen LogP contribution in [-0.2, 0) is 10.0 Å². The number of rotatable bonds is 5. The van der Waals surface area contributed by atoms with Gasteiger partial charge in [-0.1, -0.05) is 36.4 Å². The highest BCUT2D eigenvalue weighted by Crippen LogP contribution is 2.17. The lowest BCUT2D eigenvalue weighted by Gasteiger charge is -2.14. The second kappa shape index (κ2) is 6.07. The van der Waals surface area contributed by atoms with E-state index in [0.717, 1.165) is 11.6 Å². The van der Waals surface area contributed by atoms with Gasteiger partial charge in [-0.25, -0.2) is 17.9 Å². The number of sulfonamides is 1. The Morgan fingerprint density at radius 1 is 1.10 bits per heavy atom. The fourth-order valence-electron chi connectivity index (χ4n) is 1.91. The second-order valence-corrected chi connectivity index (χ2v) is 6.30. The van der Waals surface area contributed by atoms with E-state index >= 15 is 0 Å². The molecule has 5 nitrogen and oxygen atoms in total. The molecular weight excluding hydrogens is 290 g/mol. The minimum atomic E-state index is -3.78. The van der Waals surface area contributed by atoms with Crippen molar-refractivity contribution < 1.29 is 18.3 Å². The van der Waals surface area contributed by atoms with Gasteiger partial charge >= 0.3 is 5.97 Å². The van der Waals surface area contributed by atoms with Crippen LogP contribution >= 0.6 is 0 Å². The molecule has 1 atom stereocenters. The van der Waals surface area contributed by atoms with E-state index in [-0.39, 0.29) is 10.5 Å². The first kappa shape index (κ1) is 15.2. The summed E-state index contributed by atoms with van der Waals surface area (Å²) in [7, 11) is -3.78. The summed E-state index contributed by atoms with van der Waals surface area (Å²) in [5.41, 5.74) is 0.765. The van der Waals surface area contributed by atoms with Crippen LogP contribution in [-0.4, -0.2) is 19.5 Å². The lowest BCUT2D eigenvalue weighted by atomic mass is 10.1. The molecule has 0 amide bonds. The van der Waals surface area contributed by atoms with Crippen LogP contribution in [0.15, 0.2) is 59.5 Å². The molecule has 2 aromatic rings. The Kier molecular flexibility index (Phi) is 4.40. The molecule has 0 bridgehead atoms. The van der Waals surface area contributed by atoms with Crippen molar-refractivity contribution in [2.45, 2.75) is 17.9 Å². The van der Waals surface area contributed by atoms with Gasteiger partial charge in [0.15, 0.2) is 0 Å². The van der Waals surface area contributed by atoms with Gasteiger partial charge < -0.3 is 5.11 Å². The number of benzene rings is 2. The first-order chi connectivity index (χ1) is 9.90. The van der Waals surface area contributed by atoms with E-state index in [9.17, 15) is 13.2 Å². The third-order valence-corrected chi connectivity index (χ3v) is 4.56. The van der Waals surface area contributed by atoms with Gasteiger partial charge in [-0.2, -0.15) is 0 Å². The minimum Gasteiger partial charge on any atom is -0.478 e. The average molecular weight is 305 g/mol. The molecule has 0 aliphatic heterocycles. The first-order valence-electron chi connectivity index (χ1n) is 6.31. The van der Waals surface area contributed by atoms with Crippen LogP contribution in [0.25, 0.3) is 0 Å². The maximum Gasteiger partial charge on any atom is 0.335 e. The third-order valence-electron chi connectivity index (χ3n) is 3.02. The molecule has 2 N–H and O–H groups in total. The van der Waals surface area contributed by atoms with Crippen molar-refractivity contribution in [1.82, 2.24) is 4.72 Å². The summed E-state index contributed by atoms with van der Waals surface area (Å²) >= 11 is 0. The minimum absolute atomic E-state index is 0.0646. The van der Waals surface area contributed by atoms with Crippen LogP contribution in [0.5, 0.6) is 0 Å². The molecule has 0 heterocycles. The number of carboxylic acids is 1. The third kappa shape index (κ3) is 3.68. The topological polar surface area (TPSA) is 83.5 Å². The Morgan fingerprint density at radius 2 is 1.76 bits per heavy atom. The van der Waals surface area contributed by atoms with E-state index in [1.807, 2.05) is 30.3 Å². The van der Waals surface area contributed by atoms with Crippen molar-refractivity contribution >= 4 is 16.0 Å². The molecule has 1 unspecified atom stereocenters. The predicted molar refractivity (Wildman–Crippen MR) is 78.6 cm³/mol. The molecule has 2 aromatic carbocycles. The molecule has 21 heavy (non-hydrogen) atoms. The van der Waals surface area contributed by atoms with Gasteiger partial charge in [-0.05, 0) is 30.7 Å². The zero-order valence-electron chi connectivity index (χ0n) is 11.4. The van der Waals surface area contributed by atoms with Crippen LogP contribution in [0.3, 0.4) is 0 Å². The second-order valence-electron chi connectivity index (χ2n) is 4.59. The Morgan fingerprint density at radius 3 is 2.38 bits per heavy atom. The summed E-state index contributed by atoms with van der Waals surface area (Å²) < 4.78 is 27.1. The predicted octanol–water partition coefficient (Wildman–Crippen LogP) is 2.42. The molecule has 0 radical (unpaired) electrons. The molecule has 0 aromatic heterocycles. The lowest BCUT2D eigenvalue weighted by molar-refractivity contribution is 0.0696. The van der Waals surface area contributed by atoms with Crippen LogP contribution in [0, 0.1) is 0 Å². The summed E-state index contributed by atoms with van der Waals surface area (Å²) in [5, 5.41) is 8.92. The van der Waals surface area contributed by atoms with Gasteiger partial charge in [0.2, 0.25) is 10.0 Å². The molecule has 6 heteroatoms. The molecule has 2 rings (SSSR count). The van der Waals surface area contributed by atoms with Crippen LogP contribution in [0.4, 0.5) is 0 Å². The molecule has 0 saturated carbocycles. The van der Waals surface area contributed by atoms with Crippen LogP contribution < -0.4 is 4.72 Å². The Labute approximate surface area is 123 Å². The number of aromatic carboxylic acids is 1. The zero-order chi connectivity index (χ0) is 15.5. The normalized spacial score (nSPS) is 12.8. The van der Waals surface area contributed by atoms with E-state index in [1.165, 1.54) is 18.2 Å². The fraction of sp³-hybridized carbons (Fsp3) is 0.133. The smallest absolute Gasteiger partial charge is 0.335 e. The van der Waals surface area contributed by atoms with Crippen molar-refractivity contribution in [3.63, 3.8) is 0 Å². The van der Waals surface area contributed by atoms with Gasteiger partial charge in [0.1, 0.15) is 0 Å². The lowest BCUT2D eigenvalue weighted by Crippen LogP contribution is -2.27. The summed E-state index contributed by atoms with van der Waals surface area (Å²) in [6.45, 7) is 1.73. The van der Waals surface area contributed by atoms with Gasteiger partial charge in [0.05, 0.1) is 10.5 Å². The van der Waals surface area contributed by atoms with Crippen molar-refractivity contribution in [3.05, 3.63) is 65.7 Å². The molecule has 110 valence electrons. The average Bonchev–Trinajstić information content (AvgIpc) is 2.48. The number of carbonyl (C=O) groups is 1. The molecule has 0 spiro atoms. The maximum atomic E-state index is 12.3. The molecule has 0 aliphatic rings. The van der Waals surface area contributed by atoms with E-state index in [1.54, 1.807) is 6.92 Å². The quantitative estimate of drug-likeness (QED) is 0.888. The molecule has 0 fully saturated rings. The summed E-state index contributed by atoms with van der Waals surface area (Å²) in [4.78, 5) is 10.8. The first-order valence-corrected chi connectivity index (χ1v) is 7.79. The SMILES string of the molecule is CC(NS(=O)(=O)c1cccc(C(=O)O)c1)c1ccccc1. The summed E-state index contributed by atoms with van der Waals surface area (Å²) in [6.07, 6.45) is 0. The van der Waals surface area contributed by atoms with E-state index in [0.29, 0.717) is 0 Å². The van der Waals surface area contributed by atoms with Crippen molar-refractivity contribution in [2.75, 3.05) is 0 Å². The molecular formula is C15H15NO4S. The van der Waals surface area contributed by atoms with E-state index in [2.05, 4.69) is 4.72 Å². The van der Waals surface area contributed by atoms with E-state index in [4.69, 9.17) is 5.11 Å². The van der Waals surface area contributed by atoms with Crippen molar-refractivity contribution in [2.24, 2.45) is 0 Å². The van der Waals surface area contributed by atoms with Crippen LogP contribution in [0.2, 0.25) is 0 Å². The number of carboxylic acid groups (broad SMARTS) is 1. The van der Waals surface area contributed by atoms with Gasteiger partial charge in [-0.3, -0.25) is 0 Å². The number of hydrogen-bond donors (Lipinski definition) is 2. The van der Waals surface area contributed by atoms with E-state index < -0.39 is 22.0 Å². The summed E-state index contributed by atoms with van der Waals surface area (Å²) in [5.74, 6) is -1.16. The zero-order valence-corrected chi connectivity index (χ0v) is 12.2. The fourth-order valence-corrected chi connectivity index (χ4v) is 3.18. The van der Waals surface area contributed by atoms with Crippen molar-refractivity contribution in [1.29, 1.82) is 0 Å². The van der Waals surface area contributed by atoms with Crippen LogP contribution in [0.1, 0.15) is 28.9 Å². The van der Waals surface area contributed by atoms with Crippen molar-refractivity contribution in [3.8, 4) is 0 Å². The van der Waals surface area contributed by atoms with Gasteiger partial charge in [-0.15, -0.1) is 0 Å². The largest absolute Gasteiger partial charge is 0.478 e. The standard InChI is InChI=1S/C15H15NO4S/c1-11(12-6-3-2-4-7-12)16-21(19,20)14-9-5-8-13(10-14)15(17)18/h2-11,16H,1H3,(H,17,18). The van der Waals surface area contributed by atoms with Gasteiger partial charge in [0, 0.05) is 6.04 Å². The number of nitrogens with one attached hydrogen (secondary N) is 1. The Hall–Kier alpha value is -2.18. The highest BCUT2D eigenvalue weighted by molar-refractivity contribution is 7.89. The molecule has 0 aliphatic carbocycles. The maximum absolute atomic E-state index is 12.3. The van der Waals surface area contributed by atoms with Gasteiger partial charge in [0.25, 0.3) is 0 Å². The highest BCUT2D eigenvalue weighted by Gasteiger charge is 2.19. The highest BCUT2D eigenvalue weighted by atomic mass is 32.2.